The molecule has 4 aromatic rings. The third-order valence-corrected chi connectivity index (χ3v) is 4.90. The molecule has 0 aromatic heterocycles. The Labute approximate surface area is 137 Å². The zero-order chi connectivity index (χ0) is 15.8. The maximum Gasteiger partial charge on any atom is -0.000820 e. The Morgan fingerprint density at radius 3 is 1.43 bits per heavy atom. The minimum Gasteiger partial charge on any atom is -0.0616 e. The molecule has 0 atom stereocenters. The average molecular weight is 296 g/mol. The van der Waals surface area contributed by atoms with Gasteiger partial charge < -0.3 is 0 Å². The molecule has 4 rings (SSSR count). The molecular formula is C23H20. The summed E-state index contributed by atoms with van der Waals surface area (Å²) in [6.07, 6.45) is 0.986. The lowest BCUT2D eigenvalue weighted by atomic mass is 9.90. The molecule has 0 N–H and O–H groups in total. The molecule has 0 radical (unpaired) electrons. The molecule has 0 spiro atoms. The molecule has 4 aromatic carbocycles. The van der Waals surface area contributed by atoms with Gasteiger partial charge in [0.1, 0.15) is 0 Å². The fourth-order valence-electron chi connectivity index (χ4n) is 3.54. The topological polar surface area (TPSA) is 0 Å². The standard InChI is InChI=1S/C23H20/c1-16-11-13-18-7-3-5-9-20(18)22(16)15-23-17(2)12-14-19-8-4-6-10-21(19)23/h3-14H,15H2,1-2H3. The lowest BCUT2D eigenvalue weighted by molar-refractivity contribution is 1.17. The second-order valence-corrected chi connectivity index (χ2v) is 6.34. The first kappa shape index (κ1) is 14.0. The lowest BCUT2D eigenvalue weighted by Crippen LogP contribution is -1.97. The van der Waals surface area contributed by atoms with Crippen LogP contribution in [-0.2, 0) is 6.42 Å². The molecular weight excluding hydrogens is 276 g/mol. The van der Waals surface area contributed by atoms with Gasteiger partial charge in [-0.3, -0.25) is 0 Å². The maximum absolute atomic E-state index is 2.25. The molecule has 0 saturated heterocycles. The van der Waals surface area contributed by atoms with Gasteiger partial charge in [-0.15, -0.1) is 0 Å². The van der Waals surface area contributed by atoms with Crippen LogP contribution in [-0.4, -0.2) is 0 Å². The summed E-state index contributed by atoms with van der Waals surface area (Å²) in [5, 5.41) is 5.40. The van der Waals surface area contributed by atoms with Crippen LogP contribution in [0.1, 0.15) is 22.3 Å². The average Bonchev–Trinajstić information content (AvgIpc) is 2.59. The van der Waals surface area contributed by atoms with Gasteiger partial charge in [0, 0.05) is 0 Å². The van der Waals surface area contributed by atoms with E-state index in [0.29, 0.717) is 0 Å². The Kier molecular flexibility index (Phi) is 3.38. The third-order valence-electron chi connectivity index (χ3n) is 4.90. The van der Waals surface area contributed by atoms with Crippen LogP contribution in [0.5, 0.6) is 0 Å². The van der Waals surface area contributed by atoms with E-state index in [1.165, 1.54) is 43.8 Å². The van der Waals surface area contributed by atoms with Crippen LogP contribution in [0.2, 0.25) is 0 Å². The first-order valence-electron chi connectivity index (χ1n) is 8.18. The highest BCUT2D eigenvalue weighted by Gasteiger charge is 2.10. The van der Waals surface area contributed by atoms with E-state index < -0.39 is 0 Å². The zero-order valence-corrected chi connectivity index (χ0v) is 13.6. The minimum absolute atomic E-state index is 0.986. The lowest BCUT2D eigenvalue weighted by Gasteiger charge is -2.15. The highest BCUT2D eigenvalue weighted by molar-refractivity contribution is 5.90. The normalized spacial score (nSPS) is 11.2. The van der Waals surface area contributed by atoms with E-state index in [4.69, 9.17) is 0 Å². The highest BCUT2D eigenvalue weighted by Crippen LogP contribution is 2.29. The fraction of sp³-hybridized carbons (Fsp3) is 0.130. The summed E-state index contributed by atoms with van der Waals surface area (Å²) in [5.74, 6) is 0. The quantitative estimate of drug-likeness (QED) is 0.413. The van der Waals surface area contributed by atoms with E-state index in [2.05, 4.69) is 86.6 Å². The van der Waals surface area contributed by atoms with Crippen molar-refractivity contribution in [2.75, 3.05) is 0 Å². The molecule has 0 unspecified atom stereocenters. The summed E-state index contributed by atoms with van der Waals surface area (Å²) < 4.78 is 0. The molecule has 0 bridgehead atoms. The smallest absolute Gasteiger partial charge is 0.000820 e. The van der Waals surface area contributed by atoms with Crippen LogP contribution in [0, 0.1) is 13.8 Å². The molecule has 0 saturated carbocycles. The maximum atomic E-state index is 2.25. The van der Waals surface area contributed by atoms with Gasteiger partial charge >= 0.3 is 0 Å². The largest absolute Gasteiger partial charge is 0.0616 e. The number of hydrogen-bond acceptors (Lipinski definition) is 0. The molecule has 0 fully saturated rings. The summed E-state index contributed by atoms with van der Waals surface area (Å²) in [6, 6.07) is 26.4. The third kappa shape index (κ3) is 2.41. The predicted molar refractivity (Wildman–Crippen MR) is 100 cm³/mol. The van der Waals surface area contributed by atoms with E-state index in [1.807, 2.05) is 0 Å². The predicted octanol–water partition coefficient (Wildman–Crippen LogP) is 6.20. The van der Waals surface area contributed by atoms with E-state index in [9.17, 15) is 0 Å². The first-order valence-corrected chi connectivity index (χ1v) is 8.18. The summed E-state index contributed by atoms with van der Waals surface area (Å²) >= 11 is 0. The SMILES string of the molecule is Cc1ccc2ccccc2c1Cc1c(C)ccc2ccccc12. The van der Waals surface area contributed by atoms with Crippen LogP contribution in [0.4, 0.5) is 0 Å². The van der Waals surface area contributed by atoms with Gasteiger partial charge in [-0.05, 0) is 64.1 Å². The summed E-state index contributed by atoms with van der Waals surface area (Å²) in [7, 11) is 0. The van der Waals surface area contributed by atoms with Crippen LogP contribution >= 0.6 is 0 Å². The van der Waals surface area contributed by atoms with E-state index in [0.717, 1.165) is 6.42 Å². The van der Waals surface area contributed by atoms with Crippen molar-refractivity contribution in [2.24, 2.45) is 0 Å². The van der Waals surface area contributed by atoms with Crippen molar-refractivity contribution in [1.82, 2.24) is 0 Å². The molecule has 0 amide bonds. The van der Waals surface area contributed by atoms with Crippen molar-refractivity contribution in [2.45, 2.75) is 20.3 Å². The Bertz CT molecular complexity index is 926. The van der Waals surface area contributed by atoms with Gasteiger partial charge in [-0.2, -0.15) is 0 Å². The number of benzene rings is 4. The molecule has 0 heteroatoms. The van der Waals surface area contributed by atoms with Gasteiger partial charge in [0.05, 0.1) is 0 Å². The van der Waals surface area contributed by atoms with Crippen molar-refractivity contribution in [1.29, 1.82) is 0 Å². The van der Waals surface area contributed by atoms with Gasteiger partial charge in [0.15, 0.2) is 0 Å². The number of hydrogen-bond donors (Lipinski definition) is 0. The Morgan fingerprint density at radius 2 is 0.957 bits per heavy atom. The zero-order valence-electron chi connectivity index (χ0n) is 13.6. The van der Waals surface area contributed by atoms with E-state index >= 15 is 0 Å². The molecule has 0 aliphatic rings. The molecule has 0 heterocycles. The van der Waals surface area contributed by atoms with Crippen LogP contribution < -0.4 is 0 Å². The van der Waals surface area contributed by atoms with Crippen LogP contribution in [0.15, 0.2) is 72.8 Å². The first-order chi connectivity index (χ1) is 11.2. The van der Waals surface area contributed by atoms with Gasteiger partial charge in [0.2, 0.25) is 0 Å². The monoisotopic (exact) mass is 296 g/mol. The number of aryl methyl sites for hydroxylation is 2. The minimum atomic E-state index is 0.986. The van der Waals surface area contributed by atoms with Crippen molar-refractivity contribution in [3.63, 3.8) is 0 Å². The van der Waals surface area contributed by atoms with Crippen molar-refractivity contribution >= 4 is 21.5 Å². The Hall–Kier alpha value is -2.60. The molecule has 0 aliphatic heterocycles. The van der Waals surface area contributed by atoms with Gasteiger partial charge in [0.25, 0.3) is 0 Å². The molecule has 112 valence electrons. The summed E-state index contributed by atoms with van der Waals surface area (Å²) in [6.45, 7) is 4.45. The molecule has 0 aliphatic carbocycles. The van der Waals surface area contributed by atoms with Crippen molar-refractivity contribution < 1.29 is 0 Å². The molecule has 0 nitrogen and oxygen atoms in total. The van der Waals surface area contributed by atoms with E-state index in [-0.39, 0.29) is 0 Å². The number of fused-ring (bicyclic) bond motifs is 2. The Balaban J connectivity index is 1.95. The van der Waals surface area contributed by atoms with Gasteiger partial charge in [-0.25, -0.2) is 0 Å². The van der Waals surface area contributed by atoms with Gasteiger partial charge in [-0.1, -0.05) is 72.8 Å². The summed E-state index contributed by atoms with van der Waals surface area (Å²) in [4.78, 5) is 0. The Morgan fingerprint density at radius 1 is 0.522 bits per heavy atom. The van der Waals surface area contributed by atoms with Crippen molar-refractivity contribution in [3.8, 4) is 0 Å². The van der Waals surface area contributed by atoms with E-state index in [1.54, 1.807) is 0 Å². The van der Waals surface area contributed by atoms with Crippen LogP contribution in [0.25, 0.3) is 21.5 Å². The van der Waals surface area contributed by atoms with Crippen LogP contribution in [0.3, 0.4) is 0 Å². The molecule has 23 heavy (non-hydrogen) atoms. The highest BCUT2D eigenvalue weighted by atomic mass is 14.1. The number of rotatable bonds is 2. The fourth-order valence-corrected chi connectivity index (χ4v) is 3.54. The second-order valence-electron chi connectivity index (χ2n) is 6.34. The summed E-state index contributed by atoms with van der Waals surface area (Å²) in [5.41, 5.74) is 5.64. The second kappa shape index (κ2) is 5.55. The van der Waals surface area contributed by atoms with Crippen molar-refractivity contribution in [3.05, 3.63) is 95.1 Å².